The fraction of sp³-hybridized carbons (Fsp3) is 0.333. The van der Waals surface area contributed by atoms with Crippen molar-refractivity contribution in [1.29, 1.82) is 0 Å². The van der Waals surface area contributed by atoms with Crippen molar-refractivity contribution in [1.82, 2.24) is 4.90 Å². The van der Waals surface area contributed by atoms with E-state index in [9.17, 15) is 9.59 Å². The molecular weight excluding hydrogens is 432 g/mol. The molecule has 1 aromatic heterocycles. The van der Waals surface area contributed by atoms with Crippen LogP contribution >= 0.6 is 11.3 Å². The lowest BCUT2D eigenvalue weighted by molar-refractivity contribution is 0.0526. The topological polar surface area (TPSA) is 58.6 Å². The van der Waals surface area contributed by atoms with Crippen molar-refractivity contribution in [2.75, 3.05) is 18.5 Å². The van der Waals surface area contributed by atoms with Crippen LogP contribution in [0.2, 0.25) is 0 Å². The summed E-state index contributed by atoms with van der Waals surface area (Å²) in [4.78, 5) is 30.2. The van der Waals surface area contributed by atoms with E-state index in [-0.39, 0.29) is 18.0 Å². The summed E-state index contributed by atoms with van der Waals surface area (Å²) < 4.78 is 5.04. The molecule has 1 unspecified atom stereocenters. The van der Waals surface area contributed by atoms with Gasteiger partial charge in [-0.1, -0.05) is 30.3 Å². The summed E-state index contributed by atoms with van der Waals surface area (Å²) in [6, 6.07) is 17.0. The second-order valence-electron chi connectivity index (χ2n) is 8.54. The molecule has 2 heterocycles. The van der Waals surface area contributed by atoms with Crippen LogP contribution in [0.15, 0.2) is 54.6 Å². The van der Waals surface area contributed by atoms with E-state index >= 15 is 0 Å². The largest absolute Gasteiger partial charge is 0.462 e. The van der Waals surface area contributed by atoms with Crippen LogP contribution < -0.4 is 5.32 Å². The maximum absolute atomic E-state index is 13.5. The number of nitrogens with one attached hydrogen (secondary N) is 1. The maximum atomic E-state index is 13.5. The smallest absolute Gasteiger partial charge is 0.338 e. The second kappa shape index (κ2) is 9.40. The zero-order chi connectivity index (χ0) is 22.8. The molecule has 2 amide bonds. The highest BCUT2D eigenvalue weighted by atomic mass is 32.1. The highest BCUT2D eigenvalue weighted by Crippen LogP contribution is 2.45. The minimum absolute atomic E-state index is 0.0793. The SMILES string of the molecule is CCOC(=O)c1ccc(NC(=O)N2CCc3c(sc4c3CCCC4)C2c2ccccc2)cc1. The molecule has 1 aliphatic heterocycles. The number of carbonyl (C=O) groups excluding carboxylic acids is 2. The standard InChI is InChI=1S/C27H28N2O3S/c1-2-32-26(30)19-12-14-20(15-13-19)28-27(31)29-17-16-22-21-10-6-7-11-23(21)33-25(22)24(29)18-8-4-3-5-9-18/h3-5,8-9,12-15,24H,2,6-7,10-11,16-17H2,1H3,(H,28,31). The minimum atomic E-state index is -0.357. The second-order valence-corrected chi connectivity index (χ2v) is 9.68. The number of amides is 2. The molecule has 1 N–H and O–H groups in total. The van der Waals surface area contributed by atoms with E-state index in [1.165, 1.54) is 34.6 Å². The number of urea groups is 1. The van der Waals surface area contributed by atoms with Gasteiger partial charge in [-0.05, 0) is 80.0 Å². The van der Waals surface area contributed by atoms with Gasteiger partial charge in [0.15, 0.2) is 0 Å². The van der Waals surface area contributed by atoms with E-state index < -0.39 is 0 Å². The molecule has 0 saturated heterocycles. The van der Waals surface area contributed by atoms with Crippen LogP contribution in [0.4, 0.5) is 10.5 Å². The normalized spacial score (nSPS) is 17.1. The van der Waals surface area contributed by atoms with Crippen molar-refractivity contribution >= 4 is 29.0 Å². The molecule has 0 spiro atoms. The van der Waals surface area contributed by atoms with Crippen LogP contribution in [-0.2, 0) is 24.0 Å². The van der Waals surface area contributed by atoms with Crippen LogP contribution in [0, 0.1) is 0 Å². The Bertz CT molecular complexity index is 1150. The van der Waals surface area contributed by atoms with Crippen molar-refractivity contribution in [2.24, 2.45) is 0 Å². The number of hydrogen-bond acceptors (Lipinski definition) is 4. The average Bonchev–Trinajstić information content (AvgIpc) is 3.23. The highest BCUT2D eigenvalue weighted by Gasteiger charge is 2.36. The fourth-order valence-electron chi connectivity index (χ4n) is 4.94. The number of anilines is 1. The van der Waals surface area contributed by atoms with Crippen molar-refractivity contribution in [2.45, 2.75) is 45.1 Å². The highest BCUT2D eigenvalue weighted by molar-refractivity contribution is 7.12. The average molecular weight is 461 g/mol. The number of ether oxygens (including phenoxy) is 1. The zero-order valence-corrected chi connectivity index (χ0v) is 19.6. The lowest BCUT2D eigenvalue weighted by atomic mass is 9.88. The van der Waals surface area contributed by atoms with Gasteiger partial charge in [0.2, 0.25) is 0 Å². The number of esters is 1. The molecule has 3 aromatic rings. The Morgan fingerprint density at radius 2 is 1.76 bits per heavy atom. The molecule has 6 heteroatoms. The molecule has 170 valence electrons. The monoisotopic (exact) mass is 460 g/mol. The fourth-order valence-corrected chi connectivity index (χ4v) is 6.52. The molecule has 2 aliphatic rings. The molecule has 5 nitrogen and oxygen atoms in total. The summed E-state index contributed by atoms with van der Waals surface area (Å²) in [5.41, 5.74) is 5.31. The molecule has 5 rings (SSSR count). The third kappa shape index (κ3) is 4.27. The van der Waals surface area contributed by atoms with E-state index in [2.05, 4.69) is 17.4 Å². The Kier molecular flexibility index (Phi) is 6.18. The van der Waals surface area contributed by atoms with E-state index in [1.807, 2.05) is 34.4 Å². The van der Waals surface area contributed by atoms with Gasteiger partial charge in [-0.15, -0.1) is 11.3 Å². The van der Waals surface area contributed by atoms with Crippen molar-refractivity contribution in [3.05, 3.63) is 86.6 Å². The summed E-state index contributed by atoms with van der Waals surface area (Å²) in [6.45, 7) is 2.80. The Labute approximate surface area is 198 Å². The summed E-state index contributed by atoms with van der Waals surface area (Å²) in [7, 11) is 0. The number of benzene rings is 2. The van der Waals surface area contributed by atoms with Crippen molar-refractivity contribution in [3.8, 4) is 0 Å². The molecule has 0 fully saturated rings. The van der Waals surface area contributed by atoms with E-state index in [4.69, 9.17) is 4.74 Å². The number of thiophene rings is 1. The molecule has 2 aromatic carbocycles. The van der Waals surface area contributed by atoms with E-state index in [0.717, 1.165) is 18.4 Å². The van der Waals surface area contributed by atoms with E-state index in [1.54, 1.807) is 36.8 Å². The molecule has 33 heavy (non-hydrogen) atoms. The van der Waals surface area contributed by atoms with Gasteiger partial charge in [-0.3, -0.25) is 0 Å². The van der Waals surface area contributed by atoms with Crippen LogP contribution in [0.25, 0.3) is 0 Å². The number of rotatable bonds is 4. The van der Waals surface area contributed by atoms with Gasteiger partial charge in [0.05, 0.1) is 18.2 Å². The van der Waals surface area contributed by atoms with Gasteiger partial charge in [-0.2, -0.15) is 0 Å². The minimum Gasteiger partial charge on any atom is -0.462 e. The quantitative estimate of drug-likeness (QED) is 0.487. The summed E-state index contributed by atoms with van der Waals surface area (Å²) in [5.74, 6) is -0.357. The van der Waals surface area contributed by atoms with Crippen molar-refractivity contribution < 1.29 is 14.3 Å². The van der Waals surface area contributed by atoms with Crippen molar-refractivity contribution in [3.63, 3.8) is 0 Å². The van der Waals surface area contributed by atoms with Gasteiger partial charge >= 0.3 is 12.0 Å². The molecule has 0 saturated carbocycles. The predicted octanol–water partition coefficient (Wildman–Crippen LogP) is 5.98. The van der Waals surface area contributed by atoms with E-state index in [0.29, 0.717) is 24.4 Å². The van der Waals surface area contributed by atoms with Gasteiger partial charge < -0.3 is 15.0 Å². The Hall–Kier alpha value is -3.12. The number of fused-ring (bicyclic) bond motifs is 3. The van der Waals surface area contributed by atoms with Crippen LogP contribution in [-0.4, -0.2) is 30.1 Å². The zero-order valence-electron chi connectivity index (χ0n) is 18.8. The van der Waals surface area contributed by atoms with Gasteiger partial charge in [-0.25, -0.2) is 9.59 Å². The first kappa shape index (κ1) is 21.7. The molecule has 0 radical (unpaired) electrons. The maximum Gasteiger partial charge on any atom is 0.338 e. The summed E-state index contributed by atoms with van der Waals surface area (Å²) in [5, 5.41) is 3.04. The number of hydrogen-bond donors (Lipinski definition) is 1. The summed E-state index contributed by atoms with van der Waals surface area (Å²) >= 11 is 1.90. The first-order valence-corrected chi connectivity index (χ1v) is 12.5. The lowest BCUT2D eigenvalue weighted by Gasteiger charge is -2.36. The number of aryl methyl sites for hydroxylation is 1. The molecular formula is C27H28N2O3S. The molecule has 1 atom stereocenters. The summed E-state index contributed by atoms with van der Waals surface area (Å²) in [6.07, 6.45) is 5.75. The van der Waals surface area contributed by atoms with Crippen LogP contribution in [0.3, 0.4) is 0 Å². The van der Waals surface area contributed by atoms with Gasteiger partial charge in [0.1, 0.15) is 0 Å². The van der Waals surface area contributed by atoms with Gasteiger partial charge in [0, 0.05) is 22.0 Å². The van der Waals surface area contributed by atoms with Crippen LogP contribution in [0.5, 0.6) is 0 Å². The third-order valence-corrected chi connectivity index (χ3v) is 7.88. The molecule has 1 aliphatic carbocycles. The Morgan fingerprint density at radius 3 is 2.52 bits per heavy atom. The lowest BCUT2D eigenvalue weighted by Crippen LogP contribution is -2.42. The van der Waals surface area contributed by atoms with Gasteiger partial charge in [0.25, 0.3) is 0 Å². The Balaban J connectivity index is 1.42. The number of carbonyl (C=O) groups is 2. The third-order valence-electron chi connectivity index (χ3n) is 6.50. The molecule has 0 bridgehead atoms. The van der Waals surface area contributed by atoms with Crippen LogP contribution in [0.1, 0.15) is 62.6 Å². The predicted molar refractivity (Wildman–Crippen MR) is 131 cm³/mol. The number of nitrogens with zero attached hydrogens (tertiary/aromatic N) is 1. The first-order valence-electron chi connectivity index (χ1n) is 11.7. The first-order chi connectivity index (χ1) is 16.2. The Morgan fingerprint density at radius 1 is 1.00 bits per heavy atom.